The first kappa shape index (κ1) is 34.8. The van der Waals surface area contributed by atoms with Gasteiger partial charge in [-0.2, -0.15) is 0 Å². The van der Waals surface area contributed by atoms with E-state index < -0.39 is 0 Å². The second-order valence-corrected chi connectivity index (χ2v) is 16.6. The highest BCUT2D eigenvalue weighted by Gasteiger charge is 2.23. The van der Waals surface area contributed by atoms with Crippen LogP contribution in [0, 0.1) is 0 Å². The second kappa shape index (κ2) is 13.7. The number of hydrogen-bond acceptors (Lipinski definition) is 0. The van der Waals surface area contributed by atoms with Crippen LogP contribution in [-0.4, -0.2) is 0 Å². The fourth-order valence-electron chi connectivity index (χ4n) is 10.9. The Morgan fingerprint density at radius 2 is 0.500 bits per heavy atom. The average molecular weight is 783 g/mol. The maximum Gasteiger partial charge on any atom is -0.00199 e. The summed E-state index contributed by atoms with van der Waals surface area (Å²) in [5, 5.41) is 20.2. The molecule has 286 valence electrons. The predicted octanol–water partition coefficient (Wildman–Crippen LogP) is 17.6. The summed E-state index contributed by atoms with van der Waals surface area (Å²) in [4.78, 5) is 0. The van der Waals surface area contributed by atoms with Crippen molar-refractivity contribution in [1.82, 2.24) is 0 Å². The Morgan fingerprint density at radius 1 is 0.177 bits per heavy atom. The summed E-state index contributed by atoms with van der Waals surface area (Å²) >= 11 is 0. The summed E-state index contributed by atoms with van der Waals surface area (Å²) in [6.07, 6.45) is 0. The normalized spacial score (nSPS) is 11.9. The zero-order chi connectivity index (χ0) is 40.7. The molecule has 0 N–H and O–H groups in total. The van der Waals surface area contributed by atoms with Crippen LogP contribution < -0.4 is 0 Å². The summed E-state index contributed by atoms with van der Waals surface area (Å²) in [7, 11) is 0. The zero-order valence-corrected chi connectivity index (χ0v) is 33.9. The van der Waals surface area contributed by atoms with Crippen LogP contribution in [0.15, 0.2) is 231 Å². The first-order chi connectivity index (χ1) is 30.8. The van der Waals surface area contributed by atoms with E-state index in [0.29, 0.717) is 0 Å². The molecule has 13 rings (SSSR count). The molecule has 0 fully saturated rings. The Bertz CT molecular complexity index is 3850. The SMILES string of the molecule is c1ccc(-c2c3ccccc3c(-c3cc4cc(-c5c6ccccc6c(-c6cccc7ccccc67)c6ccccc56)c5ccccc5c4c4ccccc34)c3ccccc23)cc1. The molecule has 0 bridgehead atoms. The van der Waals surface area contributed by atoms with Gasteiger partial charge in [0.15, 0.2) is 0 Å². The lowest BCUT2D eigenvalue weighted by atomic mass is 9.81. The quantitative estimate of drug-likeness (QED) is 0.123. The molecule has 0 amide bonds. The molecule has 0 saturated carbocycles. The maximum atomic E-state index is 2.50. The Kier molecular flexibility index (Phi) is 7.71. The Balaban J connectivity index is 1.17. The molecule has 0 unspecified atom stereocenters. The van der Waals surface area contributed by atoms with Gasteiger partial charge in [0.1, 0.15) is 0 Å². The molecule has 0 atom stereocenters. The van der Waals surface area contributed by atoms with Crippen molar-refractivity contribution >= 4 is 86.2 Å². The molecule has 0 aliphatic carbocycles. The van der Waals surface area contributed by atoms with Crippen LogP contribution in [0.3, 0.4) is 0 Å². The van der Waals surface area contributed by atoms with Crippen molar-refractivity contribution in [1.29, 1.82) is 0 Å². The highest BCUT2D eigenvalue weighted by molar-refractivity contribution is 6.32. The van der Waals surface area contributed by atoms with Crippen LogP contribution in [0.4, 0.5) is 0 Å². The van der Waals surface area contributed by atoms with E-state index in [1.54, 1.807) is 0 Å². The first-order valence-corrected chi connectivity index (χ1v) is 21.6. The lowest BCUT2D eigenvalue weighted by Gasteiger charge is -2.22. The fraction of sp³-hybridized carbons (Fsp3) is 0. The van der Waals surface area contributed by atoms with Gasteiger partial charge in [0, 0.05) is 0 Å². The van der Waals surface area contributed by atoms with Crippen molar-refractivity contribution in [3.05, 3.63) is 231 Å². The molecular weight excluding hydrogens is 745 g/mol. The number of rotatable bonds is 4. The summed E-state index contributed by atoms with van der Waals surface area (Å²) in [5.74, 6) is 0. The first-order valence-electron chi connectivity index (χ1n) is 21.6. The smallest absolute Gasteiger partial charge is 0.00199 e. The van der Waals surface area contributed by atoms with Crippen LogP contribution in [-0.2, 0) is 0 Å². The molecule has 0 aromatic heterocycles. The minimum atomic E-state index is 1.23. The highest BCUT2D eigenvalue weighted by atomic mass is 14.3. The average Bonchev–Trinajstić information content (AvgIpc) is 3.34. The van der Waals surface area contributed by atoms with Crippen LogP contribution in [0.1, 0.15) is 0 Å². The molecule has 0 aliphatic heterocycles. The molecule has 0 radical (unpaired) electrons. The molecule has 0 nitrogen and oxygen atoms in total. The summed E-state index contributed by atoms with van der Waals surface area (Å²) in [5.41, 5.74) is 10.1. The van der Waals surface area contributed by atoms with E-state index in [4.69, 9.17) is 0 Å². The summed E-state index contributed by atoms with van der Waals surface area (Å²) in [6.45, 7) is 0. The van der Waals surface area contributed by atoms with E-state index in [1.165, 1.54) is 131 Å². The van der Waals surface area contributed by atoms with Crippen molar-refractivity contribution in [3.8, 4) is 44.5 Å². The standard InChI is InChI=1S/C62H38/c1-2-20-40(21-3-1)58-48-28-10-12-30-50(48)61(51-31-13-11-29-49(51)58)56-37-41-38-57(44-25-7-9-27-47(44)59(41)46-26-8-6-24-43(46)56)62-54-34-16-14-32-52(54)60(53-33-15-17-35-55(53)62)45-36-18-22-39-19-4-5-23-42(39)45/h1-38H. The van der Waals surface area contributed by atoms with Gasteiger partial charge in [-0.15, -0.1) is 0 Å². The molecule has 13 aromatic rings. The van der Waals surface area contributed by atoms with Crippen molar-refractivity contribution in [2.45, 2.75) is 0 Å². The highest BCUT2D eigenvalue weighted by Crippen LogP contribution is 2.51. The molecule has 0 heterocycles. The third-order valence-electron chi connectivity index (χ3n) is 13.4. The van der Waals surface area contributed by atoms with Crippen LogP contribution in [0.5, 0.6) is 0 Å². The van der Waals surface area contributed by atoms with Gasteiger partial charge in [-0.1, -0.05) is 218 Å². The topological polar surface area (TPSA) is 0 Å². The fourth-order valence-corrected chi connectivity index (χ4v) is 10.9. The molecule has 62 heavy (non-hydrogen) atoms. The van der Waals surface area contributed by atoms with E-state index in [9.17, 15) is 0 Å². The predicted molar refractivity (Wildman–Crippen MR) is 268 cm³/mol. The van der Waals surface area contributed by atoms with Gasteiger partial charge in [-0.25, -0.2) is 0 Å². The van der Waals surface area contributed by atoms with Gasteiger partial charge < -0.3 is 0 Å². The van der Waals surface area contributed by atoms with Gasteiger partial charge in [-0.3, -0.25) is 0 Å². The van der Waals surface area contributed by atoms with Gasteiger partial charge in [0.05, 0.1) is 0 Å². The number of benzene rings is 13. The maximum absolute atomic E-state index is 2.50. The number of fused-ring (bicyclic) bond motifs is 10. The van der Waals surface area contributed by atoms with Crippen LogP contribution in [0.25, 0.3) is 131 Å². The molecule has 0 heteroatoms. The summed E-state index contributed by atoms with van der Waals surface area (Å²) in [6, 6.07) is 85.7. The van der Waals surface area contributed by atoms with Gasteiger partial charge in [0.2, 0.25) is 0 Å². The van der Waals surface area contributed by atoms with Crippen molar-refractivity contribution in [3.63, 3.8) is 0 Å². The van der Waals surface area contributed by atoms with Crippen LogP contribution >= 0.6 is 0 Å². The van der Waals surface area contributed by atoms with E-state index in [-0.39, 0.29) is 0 Å². The van der Waals surface area contributed by atoms with Gasteiger partial charge >= 0.3 is 0 Å². The minimum absolute atomic E-state index is 1.23. The summed E-state index contributed by atoms with van der Waals surface area (Å²) < 4.78 is 0. The Labute approximate surface area is 359 Å². The molecule has 0 spiro atoms. The largest absolute Gasteiger partial charge is 0.0622 e. The molecule has 0 aliphatic rings. The monoisotopic (exact) mass is 782 g/mol. The lowest BCUT2D eigenvalue weighted by molar-refractivity contribution is 1.67. The third-order valence-corrected chi connectivity index (χ3v) is 13.4. The molecule has 13 aromatic carbocycles. The second-order valence-electron chi connectivity index (χ2n) is 16.6. The van der Waals surface area contributed by atoms with Gasteiger partial charge in [-0.05, 0) is 143 Å². The van der Waals surface area contributed by atoms with E-state index in [1.807, 2.05) is 0 Å². The van der Waals surface area contributed by atoms with E-state index >= 15 is 0 Å². The molecular formula is C62H38. The van der Waals surface area contributed by atoms with E-state index in [0.717, 1.165) is 0 Å². The Hall–Kier alpha value is -8.06. The Morgan fingerprint density at radius 3 is 0.952 bits per heavy atom. The zero-order valence-electron chi connectivity index (χ0n) is 33.9. The molecule has 0 saturated heterocycles. The van der Waals surface area contributed by atoms with Crippen molar-refractivity contribution in [2.24, 2.45) is 0 Å². The van der Waals surface area contributed by atoms with Crippen LogP contribution in [0.2, 0.25) is 0 Å². The van der Waals surface area contributed by atoms with Crippen molar-refractivity contribution in [2.75, 3.05) is 0 Å². The third kappa shape index (κ3) is 5.08. The minimum Gasteiger partial charge on any atom is -0.0622 e. The number of hydrogen-bond donors (Lipinski definition) is 0. The van der Waals surface area contributed by atoms with Crippen molar-refractivity contribution < 1.29 is 0 Å². The van der Waals surface area contributed by atoms with Gasteiger partial charge in [0.25, 0.3) is 0 Å². The van der Waals surface area contributed by atoms with E-state index in [2.05, 4.69) is 231 Å². The lowest BCUT2D eigenvalue weighted by Crippen LogP contribution is -1.94.